The number of likely N-dealkylation sites (tertiary alicyclic amines) is 1. The van der Waals surface area contributed by atoms with Gasteiger partial charge >= 0.3 is 5.97 Å². The molecule has 1 heterocycles. The van der Waals surface area contributed by atoms with Gasteiger partial charge in [-0.1, -0.05) is 19.1 Å². The van der Waals surface area contributed by atoms with Crippen molar-refractivity contribution in [3.8, 4) is 0 Å². The van der Waals surface area contributed by atoms with Crippen molar-refractivity contribution in [3.05, 3.63) is 35.4 Å². The molecule has 0 bridgehead atoms. The van der Waals surface area contributed by atoms with Gasteiger partial charge in [-0.2, -0.15) is 0 Å². The maximum Gasteiger partial charge on any atom is 0.326 e. The van der Waals surface area contributed by atoms with E-state index in [-0.39, 0.29) is 18.9 Å². The number of nitrogens with zero attached hydrogens (tertiary/aromatic N) is 1. The lowest BCUT2D eigenvalue weighted by Crippen LogP contribution is -2.40. The molecule has 5 nitrogen and oxygen atoms in total. The third kappa shape index (κ3) is 2.76. The maximum absolute atomic E-state index is 12.3. The molecule has 1 fully saturated rings. The van der Waals surface area contributed by atoms with Crippen molar-refractivity contribution in [2.75, 3.05) is 6.54 Å². The van der Waals surface area contributed by atoms with Crippen LogP contribution in [0, 0.1) is 0 Å². The van der Waals surface area contributed by atoms with Gasteiger partial charge in [0.05, 0.1) is 6.10 Å². The highest BCUT2D eigenvalue weighted by Gasteiger charge is 2.39. The van der Waals surface area contributed by atoms with Crippen LogP contribution in [-0.4, -0.2) is 45.7 Å². The van der Waals surface area contributed by atoms with Crippen molar-refractivity contribution in [2.24, 2.45) is 0 Å². The highest BCUT2D eigenvalue weighted by atomic mass is 16.4. The van der Waals surface area contributed by atoms with Crippen LogP contribution in [0.2, 0.25) is 0 Å². The van der Waals surface area contributed by atoms with E-state index in [1.165, 1.54) is 4.90 Å². The molecule has 0 saturated carbocycles. The number of carbonyl (C=O) groups is 2. The van der Waals surface area contributed by atoms with Gasteiger partial charge in [0.1, 0.15) is 6.04 Å². The van der Waals surface area contributed by atoms with Crippen LogP contribution >= 0.6 is 0 Å². The van der Waals surface area contributed by atoms with Gasteiger partial charge in [-0.25, -0.2) is 4.79 Å². The van der Waals surface area contributed by atoms with Crippen LogP contribution in [0.15, 0.2) is 24.3 Å². The number of aryl methyl sites for hydroxylation is 1. The molecule has 5 heteroatoms. The largest absolute Gasteiger partial charge is 0.480 e. The average molecular weight is 263 g/mol. The second kappa shape index (κ2) is 5.40. The van der Waals surface area contributed by atoms with Gasteiger partial charge in [0.15, 0.2) is 0 Å². The number of hydrogen-bond acceptors (Lipinski definition) is 3. The number of β-amino-alcohol motifs (C(OH)–C–C–N with tert-alkyl or cyclic N) is 1. The molecule has 0 aromatic heterocycles. The molecule has 0 spiro atoms. The summed E-state index contributed by atoms with van der Waals surface area (Å²) in [5.74, 6) is -1.42. The molecule has 102 valence electrons. The van der Waals surface area contributed by atoms with Crippen molar-refractivity contribution in [1.29, 1.82) is 0 Å². The topological polar surface area (TPSA) is 77.8 Å². The van der Waals surface area contributed by atoms with Gasteiger partial charge in [-0.15, -0.1) is 0 Å². The van der Waals surface area contributed by atoms with Gasteiger partial charge in [-0.3, -0.25) is 4.79 Å². The fourth-order valence-electron chi connectivity index (χ4n) is 2.32. The fraction of sp³-hybridized carbons (Fsp3) is 0.429. The Morgan fingerprint density at radius 1 is 1.32 bits per heavy atom. The summed E-state index contributed by atoms with van der Waals surface area (Å²) in [7, 11) is 0. The molecule has 0 radical (unpaired) electrons. The monoisotopic (exact) mass is 263 g/mol. The number of benzene rings is 1. The smallest absolute Gasteiger partial charge is 0.326 e. The van der Waals surface area contributed by atoms with E-state index in [4.69, 9.17) is 5.11 Å². The predicted octanol–water partition coefficient (Wildman–Crippen LogP) is 0.909. The first-order valence-electron chi connectivity index (χ1n) is 6.33. The first-order chi connectivity index (χ1) is 9.02. The fourth-order valence-corrected chi connectivity index (χ4v) is 2.32. The number of aliphatic hydroxyl groups is 1. The number of carboxylic acids is 1. The van der Waals surface area contributed by atoms with Crippen LogP contribution in [0.5, 0.6) is 0 Å². The molecular weight excluding hydrogens is 246 g/mol. The molecule has 2 rings (SSSR count). The number of hydrogen-bond donors (Lipinski definition) is 2. The summed E-state index contributed by atoms with van der Waals surface area (Å²) in [5.41, 5.74) is 1.57. The molecule has 1 aliphatic heterocycles. The Hall–Kier alpha value is -1.88. The third-order valence-electron chi connectivity index (χ3n) is 3.43. The number of carbonyl (C=O) groups excluding carboxylic acids is 1. The predicted molar refractivity (Wildman–Crippen MR) is 68.9 cm³/mol. The molecule has 1 aromatic carbocycles. The second-order valence-electron chi connectivity index (χ2n) is 4.75. The van der Waals surface area contributed by atoms with Crippen LogP contribution < -0.4 is 0 Å². The summed E-state index contributed by atoms with van der Waals surface area (Å²) in [6.07, 6.45) is 0.211. The number of rotatable bonds is 3. The summed E-state index contributed by atoms with van der Waals surface area (Å²) in [6.45, 7) is 2.10. The Balaban J connectivity index is 2.20. The van der Waals surface area contributed by atoms with Gasteiger partial charge < -0.3 is 15.1 Å². The summed E-state index contributed by atoms with van der Waals surface area (Å²) in [4.78, 5) is 24.6. The Morgan fingerprint density at radius 3 is 2.47 bits per heavy atom. The summed E-state index contributed by atoms with van der Waals surface area (Å²) < 4.78 is 0. The van der Waals surface area contributed by atoms with Crippen LogP contribution in [0.4, 0.5) is 0 Å². The van der Waals surface area contributed by atoms with E-state index >= 15 is 0 Å². The van der Waals surface area contributed by atoms with E-state index in [1.54, 1.807) is 12.1 Å². The van der Waals surface area contributed by atoms with Crippen LogP contribution in [0.3, 0.4) is 0 Å². The van der Waals surface area contributed by atoms with Gasteiger partial charge in [0.2, 0.25) is 0 Å². The van der Waals surface area contributed by atoms with Gasteiger partial charge in [0.25, 0.3) is 5.91 Å². The summed E-state index contributed by atoms with van der Waals surface area (Å²) in [5, 5.41) is 18.6. The molecule has 0 aliphatic carbocycles. The highest BCUT2D eigenvalue weighted by Crippen LogP contribution is 2.21. The Morgan fingerprint density at radius 2 is 1.95 bits per heavy atom. The normalized spacial score (nSPS) is 22.5. The molecule has 2 unspecified atom stereocenters. The van der Waals surface area contributed by atoms with E-state index in [9.17, 15) is 14.7 Å². The molecule has 1 aliphatic rings. The minimum Gasteiger partial charge on any atom is -0.480 e. The average Bonchev–Trinajstić information content (AvgIpc) is 2.80. The molecule has 1 saturated heterocycles. The van der Waals surface area contributed by atoms with Crippen molar-refractivity contribution >= 4 is 11.9 Å². The molecule has 2 atom stereocenters. The number of carboxylic acid groups (broad SMARTS) is 1. The van der Waals surface area contributed by atoms with E-state index < -0.39 is 18.1 Å². The second-order valence-corrected chi connectivity index (χ2v) is 4.75. The quantitative estimate of drug-likeness (QED) is 0.849. The molecule has 19 heavy (non-hydrogen) atoms. The van der Waals surface area contributed by atoms with E-state index in [1.807, 2.05) is 19.1 Å². The minimum atomic E-state index is -1.07. The zero-order valence-corrected chi connectivity index (χ0v) is 10.7. The SMILES string of the molecule is CCc1ccc(C(=O)N2CC(O)CC2C(=O)O)cc1. The standard InChI is InChI=1S/C14H17NO4/c1-2-9-3-5-10(6-4-9)13(17)15-8-11(16)7-12(15)14(18)19/h3-6,11-12,16H,2,7-8H2,1H3,(H,18,19). The van der Waals surface area contributed by atoms with Crippen LogP contribution in [0.1, 0.15) is 29.3 Å². The van der Waals surface area contributed by atoms with Crippen molar-refractivity contribution in [3.63, 3.8) is 0 Å². The molecule has 1 aromatic rings. The van der Waals surface area contributed by atoms with E-state index in [0.717, 1.165) is 12.0 Å². The maximum atomic E-state index is 12.3. The Bertz CT molecular complexity index is 483. The zero-order valence-electron chi connectivity index (χ0n) is 10.7. The van der Waals surface area contributed by atoms with E-state index in [2.05, 4.69) is 0 Å². The minimum absolute atomic E-state index is 0.0747. The van der Waals surface area contributed by atoms with Crippen molar-refractivity contribution in [2.45, 2.75) is 31.9 Å². The lowest BCUT2D eigenvalue weighted by Gasteiger charge is -2.21. The molecule has 1 amide bonds. The highest BCUT2D eigenvalue weighted by molar-refractivity contribution is 5.97. The summed E-state index contributed by atoms with van der Waals surface area (Å²) >= 11 is 0. The lowest BCUT2D eigenvalue weighted by atomic mass is 10.1. The van der Waals surface area contributed by atoms with Crippen molar-refractivity contribution < 1.29 is 19.8 Å². The molecular formula is C14H17NO4. The van der Waals surface area contributed by atoms with Gasteiger partial charge in [0, 0.05) is 18.5 Å². The Labute approximate surface area is 111 Å². The lowest BCUT2D eigenvalue weighted by molar-refractivity contribution is -0.141. The first-order valence-corrected chi connectivity index (χ1v) is 6.33. The molecule has 2 N–H and O–H groups in total. The first kappa shape index (κ1) is 13.5. The number of aliphatic hydroxyl groups excluding tert-OH is 1. The van der Waals surface area contributed by atoms with Crippen molar-refractivity contribution in [1.82, 2.24) is 4.90 Å². The zero-order chi connectivity index (χ0) is 14.0. The number of aliphatic carboxylic acids is 1. The summed E-state index contributed by atoms with van der Waals surface area (Å²) in [6, 6.07) is 6.17. The van der Waals surface area contributed by atoms with Crippen LogP contribution in [-0.2, 0) is 11.2 Å². The Kier molecular flexibility index (Phi) is 3.85. The number of amides is 1. The van der Waals surface area contributed by atoms with Gasteiger partial charge in [-0.05, 0) is 24.1 Å². The third-order valence-corrected chi connectivity index (χ3v) is 3.43. The van der Waals surface area contributed by atoms with Crippen LogP contribution in [0.25, 0.3) is 0 Å². The van der Waals surface area contributed by atoms with E-state index in [0.29, 0.717) is 5.56 Å².